The number of hydrogen-bond acceptors (Lipinski definition) is 3. The van der Waals surface area contributed by atoms with Crippen molar-refractivity contribution in [3.8, 4) is 0 Å². The van der Waals surface area contributed by atoms with Gasteiger partial charge in [-0.3, -0.25) is 0 Å². The fourth-order valence-corrected chi connectivity index (χ4v) is 4.81. The molecule has 2 saturated carbocycles. The lowest BCUT2D eigenvalue weighted by Gasteiger charge is -2.42. The van der Waals surface area contributed by atoms with Crippen LogP contribution in [-0.2, 0) is 9.47 Å². The number of rotatable bonds is 7. The second-order valence-corrected chi connectivity index (χ2v) is 7.47. The van der Waals surface area contributed by atoms with Gasteiger partial charge >= 0.3 is 0 Å². The van der Waals surface area contributed by atoms with Gasteiger partial charge in [0.15, 0.2) is 0 Å². The van der Waals surface area contributed by atoms with Gasteiger partial charge < -0.3 is 14.8 Å². The van der Waals surface area contributed by atoms with Gasteiger partial charge in [-0.15, -0.1) is 0 Å². The first kappa shape index (κ1) is 15.8. The van der Waals surface area contributed by atoms with Crippen molar-refractivity contribution in [2.75, 3.05) is 33.4 Å². The average Bonchev–Trinajstić information content (AvgIpc) is 3.30. The molecule has 0 amide bonds. The molecular weight excluding hydrogens is 262 g/mol. The van der Waals surface area contributed by atoms with Crippen molar-refractivity contribution in [3.63, 3.8) is 0 Å². The van der Waals surface area contributed by atoms with Gasteiger partial charge in [0.1, 0.15) is 0 Å². The normalized spacial score (nSPS) is 35.0. The molecule has 122 valence electrons. The fraction of sp³-hybridized carbons (Fsp3) is 1.00. The van der Waals surface area contributed by atoms with Crippen LogP contribution in [0.3, 0.4) is 0 Å². The predicted molar refractivity (Wildman–Crippen MR) is 85.5 cm³/mol. The molecule has 1 heterocycles. The van der Waals surface area contributed by atoms with Crippen LogP contribution in [0.25, 0.3) is 0 Å². The molecule has 3 nitrogen and oxygen atoms in total. The van der Waals surface area contributed by atoms with Crippen molar-refractivity contribution < 1.29 is 9.47 Å². The maximum absolute atomic E-state index is 6.27. The molecule has 0 aromatic carbocycles. The van der Waals surface area contributed by atoms with Gasteiger partial charge in [0.05, 0.1) is 12.7 Å². The minimum absolute atomic E-state index is 0.416. The summed E-state index contributed by atoms with van der Waals surface area (Å²) in [6, 6.07) is 0. The zero-order valence-electron chi connectivity index (χ0n) is 13.7. The van der Waals surface area contributed by atoms with E-state index in [-0.39, 0.29) is 0 Å². The molecule has 3 heteroatoms. The van der Waals surface area contributed by atoms with E-state index in [1.54, 1.807) is 7.11 Å². The molecule has 2 aliphatic carbocycles. The molecule has 2 unspecified atom stereocenters. The Balaban J connectivity index is 1.69. The van der Waals surface area contributed by atoms with Crippen LogP contribution in [0, 0.1) is 17.3 Å². The zero-order valence-corrected chi connectivity index (χ0v) is 13.7. The van der Waals surface area contributed by atoms with E-state index < -0.39 is 0 Å². The first-order chi connectivity index (χ1) is 10.4. The van der Waals surface area contributed by atoms with E-state index >= 15 is 0 Å². The summed E-state index contributed by atoms with van der Waals surface area (Å²) in [5.41, 5.74) is 0.416. The number of methoxy groups -OCH3 is 1. The summed E-state index contributed by atoms with van der Waals surface area (Å²) < 4.78 is 11.5. The van der Waals surface area contributed by atoms with E-state index in [1.165, 1.54) is 57.8 Å². The zero-order chi connectivity index (χ0) is 14.5. The Morgan fingerprint density at radius 3 is 2.52 bits per heavy atom. The summed E-state index contributed by atoms with van der Waals surface area (Å²) in [5, 5.41) is 3.69. The van der Waals surface area contributed by atoms with Gasteiger partial charge in [-0.1, -0.05) is 25.7 Å². The topological polar surface area (TPSA) is 30.5 Å². The van der Waals surface area contributed by atoms with E-state index in [2.05, 4.69) is 5.32 Å². The van der Waals surface area contributed by atoms with Gasteiger partial charge in [-0.2, -0.15) is 0 Å². The maximum Gasteiger partial charge on any atom is 0.0675 e. The average molecular weight is 295 g/mol. The number of nitrogens with one attached hydrogen (secondary N) is 1. The SMILES string of the molecule is COCCNCC1(C2CCCCCC2)CCOC1C1CC1. The van der Waals surface area contributed by atoms with Crippen LogP contribution in [0.15, 0.2) is 0 Å². The van der Waals surface area contributed by atoms with Crippen molar-refractivity contribution >= 4 is 0 Å². The Morgan fingerprint density at radius 1 is 1.10 bits per heavy atom. The molecule has 21 heavy (non-hydrogen) atoms. The number of hydrogen-bond donors (Lipinski definition) is 1. The van der Waals surface area contributed by atoms with E-state index in [4.69, 9.17) is 9.47 Å². The third-order valence-electron chi connectivity index (χ3n) is 6.09. The van der Waals surface area contributed by atoms with E-state index in [1.807, 2.05) is 0 Å². The third-order valence-corrected chi connectivity index (χ3v) is 6.09. The lowest BCUT2D eigenvalue weighted by molar-refractivity contribution is -0.00589. The van der Waals surface area contributed by atoms with Crippen LogP contribution in [0.4, 0.5) is 0 Å². The Kier molecular flexibility index (Phi) is 5.58. The van der Waals surface area contributed by atoms with E-state index in [9.17, 15) is 0 Å². The molecule has 0 spiro atoms. The summed E-state index contributed by atoms with van der Waals surface area (Å²) >= 11 is 0. The predicted octanol–water partition coefficient (Wildman–Crippen LogP) is 3.38. The molecule has 0 aromatic rings. The minimum atomic E-state index is 0.416. The lowest BCUT2D eigenvalue weighted by Crippen LogP contribution is -2.47. The summed E-state index contributed by atoms with van der Waals surface area (Å²) in [4.78, 5) is 0. The van der Waals surface area contributed by atoms with Crippen LogP contribution in [0.5, 0.6) is 0 Å². The van der Waals surface area contributed by atoms with E-state index in [0.717, 1.165) is 38.1 Å². The molecule has 3 fully saturated rings. The molecule has 0 bridgehead atoms. The van der Waals surface area contributed by atoms with Crippen LogP contribution in [0.1, 0.15) is 57.8 Å². The molecular formula is C18H33NO2. The molecule has 2 atom stereocenters. The molecule has 1 saturated heterocycles. The summed E-state index contributed by atoms with van der Waals surface area (Å²) in [5.74, 6) is 1.74. The quantitative estimate of drug-likeness (QED) is 0.577. The molecule has 3 aliphatic rings. The number of ether oxygens (including phenoxy) is 2. The standard InChI is InChI=1S/C18H33NO2/c1-20-13-11-19-14-18(16-6-4-2-3-5-7-16)10-12-21-17(18)15-8-9-15/h15-17,19H,2-14H2,1H3. The smallest absolute Gasteiger partial charge is 0.0675 e. The van der Waals surface area contributed by atoms with Crippen LogP contribution < -0.4 is 5.32 Å². The minimum Gasteiger partial charge on any atom is -0.383 e. The van der Waals surface area contributed by atoms with Crippen LogP contribution in [0.2, 0.25) is 0 Å². The summed E-state index contributed by atoms with van der Waals surface area (Å²) in [7, 11) is 1.79. The Morgan fingerprint density at radius 2 is 1.86 bits per heavy atom. The van der Waals surface area contributed by atoms with Crippen molar-refractivity contribution in [3.05, 3.63) is 0 Å². The molecule has 1 aliphatic heterocycles. The van der Waals surface area contributed by atoms with Gasteiger partial charge in [-0.25, -0.2) is 0 Å². The molecule has 0 radical (unpaired) electrons. The fourth-order valence-electron chi connectivity index (χ4n) is 4.81. The molecule has 3 rings (SSSR count). The van der Waals surface area contributed by atoms with Gasteiger partial charge in [-0.05, 0) is 43.9 Å². The maximum atomic E-state index is 6.27. The van der Waals surface area contributed by atoms with Gasteiger partial charge in [0.25, 0.3) is 0 Å². The summed E-state index contributed by atoms with van der Waals surface area (Å²) in [6.07, 6.45) is 13.2. The van der Waals surface area contributed by atoms with Crippen molar-refractivity contribution in [2.45, 2.75) is 63.9 Å². The van der Waals surface area contributed by atoms with Gasteiger partial charge in [0.2, 0.25) is 0 Å². The largest absolute Gasteiger partial charge is 0.383 e. The third kappa shape index (κ3) is 3.62. The first-order valence-corrected chi connectivity index (χ1v) is 9.18. The second-order valence-electron chi connectivity index (χ2n) is 7.47. The highest BCUT2D eigenvalue weighted by Gasteiger charge is 2.54. The first-order valence-electron chi connectivity index (χ1n) is 9.18. The Hall–Kier alpha value is -0.120. The molecule has 1 N–H and O–H groups in total. The highest BCUT2D eigenvalue weighted by Crippen LogP contribution is 2.54. The van der Waals surface area contributed by atoms with Crippen molar-refractivity contribution in [1.82, 2.24) is 5.32 Å². The Bertz CT molecular complexity index is 310. The van der Waals surface area contributed by atoms with E-state index in [0.29, 0.717) is 11.5 Å². The highest BCUT2D eigenvalue weighted by molar-refractivity contribution is 5.04. The molecule has 0 aromatic heterocycles. The van der Waals surface area contributed by atoms with Crippen molar-refractivity contribution in [1.29, 1.82) is 0 Å². The van der Waals surface area contributed by atoms with Crippen LogP contribution in [-0.4, -0.2) is 39.5 Å². The van der Waals surface area contributed by atoms with Crippen LogP contribution >= 0.6 is 0 Å². The monoisotopic (exact) mass is 295 g/mol. The lowest BCUT2D eigenvalue weighted by atomic mass is 9.66. The Labute approximate surface area is 130 Å². The second kappa shape index (κ2) is 7.43. The summed E-state index contributed by atoms with van der Waals surface area (Å²) in [6.45, 7) is 3.92. The van der Waals surface area contributed by atoms with Gasteiger partial charge in [0, 0.05) is 32.2 Å². The van der Waals surface area contributed by atoms with Crippen molar-refractivity contribution in [2.24, 2.45) is 17.3 Å². The highest BCUT2D eigenvalue weighted by atomic mass is 16.5.